The van der Waals surface area contributed by atoms with Crippen LogP contribution in [-0.4, -0.2) is 268 Å². The maximum absolute atomic E-state index is 13.7. The van der Waals surface area contributed by atoms with Crippen molar-refractivity contribution in [1.29, 1.82) is 0 Å². The number of aliphatic hydroxyl groups is 5. The molecule has 0 fully saturated rings. The fourth-order valence-corrected chi connectivity index (χ4v) is 8.84. The van der Waals surface area contributed by atoms with Gasteiger partial charge in [-0.25, -0.2) is 0 Å². The number of nitrogens with zero attached hydrogens (tertiary/aromatic N) is 4. The minimum atomic E-state index is -1.89. The number of hydrogen-bond acceptors (Lipinski definition) is 23. The van der Waals surface area contributed by atoms with Crippen molar-refractivity contribution < 1.29 is 98.0 Å². The molecule has 0 bridgehead atoms. The number of carbonyl (C=O) groups is 11. The maximum Gasteiger partial charge on any atom is 0.317 e. The number of hydrogen-bond donors (Lipinski definition) is 18. The molecule has 0 aliphatic heterocycles. The van der Waals surface area contributed by atoms with Crippen molar-refractivity contribution in [3.05, 3.63) is 5.82 Å². The summed E-state index contributed by atoms with van der Waals surface area (Å²) in [6.45, 7) is -5.58. The first kappa shape index (κ1) is 80.9. The molecular formula is C55H99N15O20. The Morgan fingerprint density at radius 2 is 0.889 bits per heavy atom. The van der Waals surface area contributed by atoms with Crippen LogP contribution < -0.4 is 53.6 Å². The number of likely N-dealkylation sites (N-methyl/N-ethyl adjacent to an activating group) is 1. The highest BCUT2D eigenvalue weighted by atomic mass is 16.5. The largest absolute Gasteiger partial charge is 0.480 e. The summed E-state index contributed by atoms with van der Waals surface area (Å²) in [6, 6.07) is -11.4. The van der Waals surface area contributed by atoms with E-state index in [9.17, 15) is 88.5 Å². The number of carboxylic acids is 2. The summed E-state index contributed by atoms with van der Waals surface area (Å²) in [4.78, 5) is 140. The number of aliphatic carboxylic acids is 2. The molecular weight excluding hydrogens is 1190 g/mol. The Kier molecular flexibility index (Phi) is 45.5. The van der Waals surface area contributed by atoms with Gasteiger partial charge in [0.1, 0.15) is 48.9 Å². The van der Waals surface area contributed by atoms with Gasteiger partial charge in [-0.1, -0.05) is 75.8 Å². The first-order chi connectivity index (χ1) is 43.2. The Labute approximate surface area is 523 Å². The number of tetrazole rings is 1. The zero-order valence-corrected chi connectivity index (χ0v) is 51.6. The number of ether oxygens (including phenoxy) is 2. The zero-order valence-electron chi connectivity index (χ0n) is 51.6. The molecule has 1 heterocycles. The van der Waals surface area contributed by atoms with Crippen LogP contribution in [-0.2, 0) is 68.6 Å². The summed E-state index contributed by atoms with van der Waals surface area (Å²) in [7, 11) is 1.33. The van der Waals surface area contributed by atoms with Crippen LogP contribution in [0, 0.1) is 0 Å². The van der Waals surface area contributed by atoms with Gasteiger partial charge in [-0.15, -0.1) is 10.2 Å². The Morgan fingerprint density at radius 3 is 1.34 bits per heavy atom. The second-order valence-corrected chi connectivity index (χ2v) is 21.3. The minimum Gasteiger partial charge on any atom is -0.480 e. The Morgan fingerprint density at radius 1 is 0.478 bits per heavy atom. The molecule has 35 heteroatoms. The number of rotatable bonds is 57. The number of carbonyl (C=O) groups excluding carboxylic acids is 9. The van der Waals surface area contributed by atoms with Crippen molar-refractivity contribution in [1.82, 2.24) is 73.4 Å². The molecule has 1 aromatic rings. The van der Waals surface area contributed by atoms with Gasteiger partial charge < -0.3 is 98.8 Å². The molecule has 1 aromatic heterocycles. The van der Waals surface area contributed by atoms with Crippen molar-refractivity contribution >= 4 is 65.1 Å². The lowest BCUT2D eigenvalue weighted by atomic mass is 10.0. The highest BCUT2D eigenvalue weighted by molar-refractivity contribution is 5.97. The molecule has 0 saturated heterocycles. The molecule has 0 radical (unpaired) electrons. The van der Waals surface area contributed by atoms with Crippen molar-refractivity contribution in [3.8, 4) is 0 Å². The van der Waals surface area contributed by atoms with E-state index in [1.54, 1.807) is 0 Å². The lowest BCUT2D eigenvalue weighted by Gasteiger charge is -2.26. The molecule has 1 rings (SSSR count). The number of nitrogens with one attached hydrogen (secondary N) is 10. The standard InChI is InChI=1S/C55H99N15O20/c1-57-39(31-71)51(84)63-43(35-75)55(88)65-41(33-73)53(86)61-38(20-16-18-25-70(29-47(78)79)30-48(80)81)50(83)62-42(34-74)54(87)64-40(32-72)52(85)60-37(49(56)82)19-15-17-23-58-46(77)36-90-28-27-89-26-24-59-45(76)22-14-12-10-8-6-4-2-3-5-7-9-11-13-21-44-66-68-69-67-44/h37-43,57,71-75H,2-36H2,1H3,(H2,56,82)(H,58,77)(H,59,76)(H,60,85)(H,61,86)(H,62,83)(H,63,84)(H,64,87)(H,65,88)(H,78,79)(H,80,81)(H,66,67,68,69)/t37-,38-,39-,40-,41-,42-,43-/m0/s1. The van der Waals surface area contributed by atoms with Crippen molar-refractivity contribution in [2.24, 2.45) is 5.73 Å². The summed E-state index contributed by atoms with van der Waals surface area (Å²) in [6.07, 6.45) is 16.7. The van der Waals surface area contributed by atoms with E-state index >= 15 is 0 Å². The van der Waals surface area contributed by atoms with Gasteiger partial charge in [0, 0.05) is 25.9 Å². The molecule has 9 amide bonds. The van der Waals surface area contributed by atoms with Gasteiger partial charge in [0.05, 0.1) is 65.9 Å². The highest BCUT2D eigenvalue weighted by Crippen LogP contribution is 2.14. The zero-order chi connectivity index (χ0) is 66.9. The Bertz CT molecular complexity index is 2240. The number of aromatic amines is 1. The fourth-order valence-electron chi connectivity index (χ4n) is 8.84. The molecule has 0 spiro atoms. The van der Waals surface area contributed by atoms with Crippen LogP contribution in [0.3, 0.4) is 0 Å². The second-order valence-electron chi connectivity index (χ2n) is 21.3. The van der Waals surface area contributed by atoms with E-state index in [0.29, 0.717) is 19.4 Å². The molecule has 7 atom stereocenters. The number of nitrogens with two attached hydrogens (primary N) is 1. The van der Waals surface area contributed by atoms with Crippen LogP contribution in [0.4, 0.5) is 0 Å². The first-order valence-corrected chi connectivity index (χ1v) is 30.6. The number of primary amides is 1. The number of aliphatic hydroxyl groups excluding tert-OH is 5. The summed E-state index contributed by atoms with van der Waals surface area (Å²) in [5.74, 6) is -10.1. The van der Waals surface area contributed by atoms with Crippen LogP contribution >= 0.6 is 0 Å². The third-order valence-corrected chi connectivity index (χ3v) is 13.9. The topological polar surface area (TPSA) is 540 Å². The van der Waals surface area contributed by atoms with Gasteiger partial charge in [-0.3, -0.25) is 57.6 Å². The summed E-state index contributed by atoms with van der Waals surface area (Å²) in [5.41, 5.74) is 5.51. The van der Waals surface area contributed by atoms with Gasteiger partial charge in [0.15, 0.2) is 5.82 Å². The Balaban J connectivity index is 2.54. The van der Waals surface area contributed by atoms with Gasteiger partial charge in [-0.2, -0.15) is 5.21 Å². The van der Waals surface area contributed by atoms with Crippen molar-refractivity contribution in [2.45, 2.75) is 177 Å². The monoisotopic (exact) mass is 1290 g/mol. The molecule has 0 aliphatic carbocycles. The SMILES string of the molecule is CN[C@@H](CO)C(=O)N[C@@H](CO)C(=O)N[C@@H](CO)C(=O)N[C@@H](CCCCN(CC(=O)O)CC(=O)O)C(=O)N[C@@H](CO)C(=O)N[C@@H](CO)C(=O)N[C@@H](CCCCNC(=O)COCCOCCNC(=O)CCCCCCCCCCCCCCCc1nn[nH]n1)C(N)=O. The molecule has 0 aromatic carbocycles. The molecule has 0 unspecified atom stereocenters. The van der Waals surface area contributed by atoms with E-state index < -0.39 is 148 Å². The lowest BCUT2D eigenvalue weighted by molar-refractivity contribution is -0.142. The average Bonchev–Trinajstić information content (AvgIpc) is 4.21. The van der Waals surface area contributed by atoms with Crippen LogP contribution in [0.5, 0.6) is 0 Å². The third kappa shape index (κ3) is 38.4. The predicted octanol–water partition coefficient (Wildman–Crippen LogP) is -5.78. The molecule has 0 aliphatic rings. The molecule has 514 valence electrons. The van der Waals surface area contributed by atoms with Crippen molar-refractivity contribution in [2.75, 3.05) is 99.2 Å². The van der Waals surface area contributed by atoms with E-state index in [1.807, 2.05) is 0 Å². The number of amides is 9. The van der Waals surface area contributed by atoms with Gasteiger partial charge in [0.25, 0.3) is 0 Å². The fraction of sp³-hybridized carbons (Fsp3) is 0.782. The summed E-state index contributed by atoms with van der Waals surface area (Å²) in [5, 5.41) is 103. The molecule has 0 saturated carbocycles. The van der Waals surface area contributed by atoms with E-state index in [-0.39, 0.29) is 77.5 Å². The first-order valence-electron chi connectivity index (χ1n) is 30.6. The van der Waals surface area contributed by atoms with Crippen LogP contribution in [0.25, 0.3) is 0 Å². The van der Waals surface area contributed by atoms with E-state index in [2.05, 4.69) is 68.5 Å². The van der Waals surface area contributed by atoms with Gasteiger partial charge in [0.2, 0.25) is 53.2 Å². The number of H-pyrrole nitrogens is 1. The quantitative estimate of drug-likeness (QED) is 0.0270. The molecule has 19 N–H and O–H groups in total. The molecule has 35 nitrogen and oxygen atoms in total. The lowest BCUT2D eigenvalue weighted by Crippen LogP contribution is -2.61. The number of unbranched alkanes of at least 4 members (excludes halogenated alkanes) is 14. The van der Waals surface area contributed by atoms with Gasteiger partial charge >= 0.3 is 11.9 Å². The Hall–Kier alpha value is -7.12. The third-order valence-electron chi connectivity index (χ3n) is 13.9. The van der Waals surface area contributed by atoms with E-state index in [4.69, 9.17) is 15.2 Å². The number of aromatic nitrogens is 4. The normalized spacial score (nSPS) is 13.5. The maximum atomic E-state index is 13.7. The minimum absolute atomic E-state index is 0.0281. The van der Waals surface area contributed by atoms with Crippen LogP contribution in [0.15, 0.2) is 0 Å². The van der Waals surface area contributed by atoms with Gasteiger partial charge in [-0.05, 0) is 65.0 Å². The average molecular weight is 1290 g/mol. The molecule has 90 heavy (non-hydrogen) atoms. The number of aryl methyl sites for hydroxylation is 1. The summed E-state index contributed by atoms with van der Waals surface area (Å²) >= 11 is 0. The smallest absolute Gasteiger partial charge is 0.317 e. The van der Waals surface area contributed by atoms with E-state index in [0.717, 1.165) is 42.8 Å². The number of carboxylic acid groups (broad SMARTS) is 2. The van der Waals surface area contributed by atoms with E-state index in [1.165, 1.54) is 64.8 Å². The van der Waals surface area contributed by atoms with Crippen LogP contribution in [0.2, 0.25) is 0 Å². The highest BCUT2D eigenvalue weighted by Gasteiger charge is 2.33. The van der Waals surface area contributed by atoms with Crippen molar-refractivity contribution in [3.63, 3.8) is 0 Å². The predicted molar refractivity (Wildman–Crippen MR) is 319 cm³/mol. The summed E-state index contributed by atoms with van der Waals surface area (Å²) < 4.78 is 10.8. The van der Waals surface area contributed by atoms with Crippen LogP contribution in [0.1, 0.15) is 134 Å². The second kappa shape index (κ2) is 50.6.